The number of carbonyl (C=O) groups is 1. The zero-order valence-electron chi connectivity index (χ0n) is 5.36. The number of likely N-dealkylation sites (N-methyl/N-ethyl adjacent to an activating group) is 1. The fourth-order valence-electron chi connectivity index (χ4n) is 0.414. The minimum Gasteiger partial charge on any atom is -0.772 e. The number of nitrogens with one attached hydrogen (secondary N) is 1. The number of carboxylic acids is 1. The lowest BCUT2D eigenvalue weighted by Gasteiger charge is -2.11. The molecule has 0 fully saturated rings. The quantitative estimate of drug-likeness (QED) is 0.498. The van der Waals surface area contributed by atoms with E-state index in [4.69, 9.17) is 5.11 Å². The van der Waals surface area contributed by atoms with Gasteiger partial charge in [0.25, 0.3) is 0 Å². The van der Waals surface area contributed by atoms with E-state index in [9.17, 15) is 13.6 Å². The maximum atomic E-state index is 10.1. The van der Waals surface area contributed by atoms with Gasteiger partial charge < -0.3 is 15.0 Å². The predicted molar refractivity (Wildman–Crippen MR) is 34.3 cm³/mol. The molecule has 2 atom stereocenters. The van der Waals surface area contributed by atoms with Gasteiger partial charge in [-0.1, -0.05) is 11.1 Å². The topological polar surface area (TPSA) is 89.5 Å². The summed E-state index contributed by atoms with van der Waals surface area (Å²) in [6, 6.07) is -1.00. The molecule has 2 N–H and O–H groups in total. The first-order valence-corrected chi connectivity index (χ1v) is 3.78. The van der Waals surface area contributed by atoms with Gasteiger partial charge in [-0.2, -0.15) is 0 Å². The molecule has 0 spiro atoms. The van der Waals surface area contributed by atoms with Crippen molar-refractivity contribution < 1.29 is 18.7 Å². The van der Waals surface area contributed by atoms with Gasteiger partial charge in [-0.05, 0) is 7.05 Å². The molecule has 0 heterocycles. The molecule has 0 bridgehead atoms. The van der Waals surface area contributed by atoms with E-state index in [-0.39, 0.29) is 0 Å². The molecular weight excluding hydrogens is 158 g/mol. The maximum Gasteiger partial charge on any atom is 0.321 e. The van der Waals surface area contributed by atoms with Crippen LogP contribution in [0.15, 0.2) is 0 Å². The van der Waals surface area contributed by atoms with E-state index in [1.54, 1.807) is 0 Å². The lowest BCUT2D eigenvalue weighted by molar-refractivity contribution is -0.138. The first-order valence-electron chi connectivity index (χ1n) is 2.54. The normalized spacial score (nSPS) is 16.2. The molecule has 0 saturated heterocycles. The van der Waals surface area contributed by atoms with Gasteiger partial charge in [0.2, 0.25) is 0 Å². The van der Waals surface area contributed by atoms with Crippen molar-refractivity contribution in [3.8, 4) is 0 Å². The van der Waals surface area contributed by atoms with Crippen molar-refractivity contribution in [1.82, 2.24) is 5.32 Å². The Labute approximate surface area is 60.7 Å². The molecule has 0 radical (unpaired) electrons. The van der Waals surface area contributed by atoms with E-state index in [0.717, 1.165) is 0 Å². The highest BCUT2D eigenvalue weighted by molar-refractivity contribution is 7.79. The Bertz CT molecular complexity index is 148. The van der Waals surface area contributed by atoms with Crippen LogP contribution >= 0.6 is 0 Å². The minimum absolute atomic E-state index is 0.397. The zero-order valence-corrected chi connectivity index (χ0v) is 6.18. The van der Waals surface area contributed by atoms with Crippen LogP contribution in [0.3, 0.4) is 0 Å². The molecule has 0 aromatic carbocycles. The van der Waals surface area contributed by atoms with Crippen LogP contribution in [0.4, 0.5) is 0 Å². The molecule has 1 unspecified atom stereocenters. The molecule has 0 aliphatic carbocycles. The number of rotatable bonds is 4. The summed E-state index contributed by atoms with van der Waals surface area (Å²) in [5.41, 5.74) is 0. The number of hydrogen-bond donors (Lipinski definition) is 2. The van der Waals surface area contributed by atoms with E-state index < -0.39 is 28.8 Å². The van der Waals surface area contributed by atoms with Crippen molar-refractivity contribution in [2.24, 2.45) is 0 Å². The third-order valence-electron chi connectivity index (χ3n) is 0.949. The van der Waals surface area contributed by atoms with Crippen molar-refractivity contribution in [2.75, 3.05) is 12.8 Å². The molecule has 6 heteroatoms. The molecule has 0 aliphatic heterocycles. The lowest BCUT2D eigenvalue weighted by atomic mass is 10.3. The van der Waals surface area contributed by atoms with Crippen molar-refractivity contribution >= 4 is 17.0 Å². The second-order valence-corrected chi connectivity index (χ2v) is 2.59. The molecule has 0 aliphatic rings. The van der Waals surface area contributed by atoms with Crippen LogP contribution in [0, 0.1) is 0 Å². The third kappa shape index (κ3) is 3.54. The first kappa shape index (κ1) is 9.54. The fraction of sp³-hybridized carbons (Fsp3) is 0.750. The van der Waals surface area contributed by atoms with Crippen molar-refractivity contribution in [2.45, 2.75) is 6.04 Å². The first-order chi connectivity index (χ1) is 4.57. The molecule has 0 aromatic heterocycles. The second kappa shape index (κ2) is 4.37. The smallest absolute Gasteiger partial charge is 0.321 e. The Balaban J connectivity index is 3.83. The number of hydrogen-bond acceptors (Lipinski definition) is 4. The van der Waals surface area contributed by atoms with Gasteiger partial charge in [0.1, 0.15) is 6.04 Å². The van der Waals surface area contributed by atoms with E-state index >= 15 is 0 Å². The third-order valence-corrected chi connectivity index (χ3v) is 1.55. The van der Waals surface area contributed by atoms with Crippen LogP contribution in [0.5, 0.6) is 0 Å². The molecule has 10 heavy (non-hydrogen) atoms. The summed E-state index contributed by atoms with van der Waals surface area (Å²) in [6.07, 6.45) is 0. The Morgan fingerprint density at radius 2 is 2.40 bits per heavy atom. The van der Waals surface area contributed by atoms with Crippen LogP contribution in [-0.4, -0.2) is 38.7 Å². The van der Waals surface area contributed by atoms with Gasteiger partial charge in [-0.15, -0.1) is 0 Å². The average molecular weight is 166 g/mol. The SMILES string of the molecule is CN[C@H](CS(=O)[O-])C(=O)O. The van der Waals surface area contributed by atoms with Gasteiger partial charge in [-0.25, -0.2) is 0 Å². The van der Waals surface area contributed by atoms with Crippen molar-refractivity contribution in [3.05, 3.63) is 0 Å². The highest BCUT2D eigenvalue weighted by atomic mass is 32.2. The molecule has 0 saturated carbocycles. The summed E-state index contributed by atoms with van der Waals surface area (Å²) in [4.78, 5) is 10.1. The standard InChI is InChI=1S/C4H9NO4S/c1-5-3(4(6)7)2-10(8)9/h3,5H,2H2,1H3,(H,6,7)(H,8,9)/p-1/t3-/m1/s1. The van der Waals surface area contributed by atoms with Crippen LogP contribution in [-0.2, 0) is 15.9 Å². The summed E-state index contributed by atoms with van der Waals surface area (Å²) >= 11 is -2.31. The van der Waals surface area contributed by atoms with Crippen molar-refractivity contribution in [3.63, 3.8) is 0 Å². The molecule has 0 rings (SSSR count). The maximum absolute atomic E-state index is 10.1. The molecule has 0 aromatic rings. The van der Waals surface area contributed by atoms with Gasteiger partial charge in [-0.3, -0.25) is 9.00 Å². The van der Waals surface area contributed by atoms with Crippen LogP contribution in [0.2, 0.25) is 0 Å². The fourth-order valence-corrected chi connectivity index (χ4v) is 0.996. The molecule has 60 valence electrons. The predicted octanol–water partition coefficient (Wildman–Crippen LogP) is -1.46. The van der Waals surface area contributed by atoms with Crippen molar-refractivity contribution in [1.29, 1.82) is 0 Å². The van der Waals surface area contributed by atoms with Gasteiger partial charge in [0, 0.05) is 5.75 Å². The van der Waals surface area contributed by atoms with Gasteiger partial charge in [0.05, 0.1) is 0 Å². The highest BCUT2D eigenvalue weighted by Gasteiger charge is 2.13. The Morgan fingerprint density at radius 1 is 1.90 bits per heavy atom. The van der Waals surface area contributed by atoms with Gasteiger partial charge >= 0.3 is 5.97 Å². The minimum atomic E-state index is -2.31. The largest absolute Gasteiger partial charge is 0.772 e. The summed E-state index contributed by atoms with van der Waals surface area (Å²) < 4.78 is 19.9. The van der Waals surface area contributed by atoms with Crippen LogP contribution in [0.1, 0.15) is 0 Å². The number of aliphatic carboxylic acids is 1. The Kier molecular flexibility index (Phi) is 4.17. The Morgan fingerprint density at radius 3 is 2.50 bits per heavy atom. The van der Waals surface area contributed by atoms with Gasteiger partial charge in [0.15, 0.2) is 0 Å². The molecule has 5 nitrogen and oxygen atoms in total. The van der Waals surface area contributed by atoms with E-state index in [1.165, 1.54) is 7.05 Å². The second-order valence-electron chi connectivity index (χ2n) is 1.65. The van der Waals surface area contributed by atoms with E-state index in [1.807, 2.05) is 0 Å². The number of carboxylic acid groups (broad SMARTS) is 1. The average Bonchev–Trinajstić information content (AvgIpc) is 1.81. The van der Waals surface area contributed by atoms with Crippen LogP contribution < -0.4 is 5.32 Å². The molecule has 0 amide bonds. The highest BCUT2D eigenvalue weighted by Crippen LogP contribution is 1.85. The summed E-state index contributed by atoms with van der Waals surface area (Å²) in [5.74, 6) is -1.56. The summed E-state index contributed by atoms with van der Waals surface area (Å²) in [7, 11) is 1.39. The van der Waals surface area contributed by atoms with E-state index in [2.05, 4.69) is 5.32 Å². The van der Waals surface area contributed by atoms with Crippen LogP contribution in [0.25, 0.3) is 0 Å². The summed E-state index contributed by atoms with van der Waals surface area (Å²) in [5, 5.41) is 10.6. The van der Waals surface area contributed by atoms with E-state index in [0.29, 0.717) is 0 Å². The summed E-state index contributed by atoms with van der Waals surface area (Å²) in [6.45, 7) is 0. The monoisotopic (exact) mass is 166 g/mol. The zero-order chi connectivity index (χ0) is 8.15. The Hall–Kier alpha value is -0.460. The molecular formula is C4H8NO4S-. The lowest BCUT2D eigenvalue weighted by Crippen LogP contribution is -2.38.